The third-order valence-corrected chi connectivity index (χ3v) is 8.96. The number of carbonyl (C=O) groups is 1. The number of pyridine rings is 1. The van der Waals surface area contributed by atoms with Crippen LogP contribution in [0.1, 0.15) is 47.5 Å². The molecule has 2 aliphatic rings. The molecular weight excluding hydrogens is 471 g/mol. The summed E-state index contributed by atoms with van der Waals surface area (Å²) in [7, 11) is -3.85. The van der Waals surface area contributed by atoms with Gasteiger partial charge in [0.25, 0.3) is 5.91 Å². The second-order valence-corrected chi connectivity index (χ2v) is 11.6. The first-order valence-electron chi connectivity index (χ1n) is 11.4. The molecule has 2 atom stereocenters. The molecule has 0 bridgehead atoms. The number of benzene rings is 2. The molecule has 0 spiro atoms. The van der Waals surface area contributed by atoms with Crippen LogP contribution in [0.2, 0.25) is 0 Å². The Morgan fingerprint density at radius 3 is 2.71 bits per heavy atom. The van der Waals surface area contributed by atoms with Gasteiger partial charge in [-0.3, -0.25) is 9.78 Å². The van der Waals surface area contributed by atoms with Crippen molar-refractivity contribution in [1.29, 1.82) is 0 Å². The van der Waals surface area contributed by atoms with Gasteiger partial charge in [-0.2, -0.15) is 0 Å². The summed E-state index contributed by atoms with van der Waals surface area (Å²) in [4.78, 5) is 17.2. The number of sulfonamides is 1. The van der Waals surface area contributed by atoms with E-state index in [0.717, 1.165) is 11.8 Å². The fourth-order valence-electron chi connectivity index (χ4n) is 4.27. The van der Waals surface area contributed by atoms with Crippen LogP contribution >= 0.6 is 0 Å². The van der Waals surface area contributed by atoms with Crippen molar-refractivity contribution in [2.45, 2.75) is 37.0 Å². The Kier molecular flexibility index (Phi) is 5.85. The number of aliphatic hydroxyl groups is 1. The molecule has 2 aromatic carbocycles. The monoisotopic (exact) mass is 496 g/mol. The standard InChI is InChI=1S/C26H25FN2O5S/c1-26(9-10-26)35(32,33)29-25(31)20-8-6-18(27)14-22(20)16-5-7-21-23(13-16)34-15-17(24(21)30)12-19-4-2-3-11-28-19/h2-8,11,13-14,17,24,30H,9-10,12,15H2,1H3,(H,29,31)/t17-,24+/m1/s1. The van der Waals surface area contributed by atoms with Gasteiger partial charge in [0.1, 0.15) is 11.6 Å². The predicted octanol–water partition coefficient (Wildman–Crippen LogP) is 3.78. The van der Waals surface area contributed by atoms with E-state index in [4.69, 9.17) is 4.74 Å². The van der Waals surface area contributed by atoms with Crippen LogP contribution in [0.4, 0.5) is 4.39 Å². The number of amides is 1. The summed E-state index contributed by atoms with van der Waals surface area (Å²) in [5.41, 5.74) is 2.18. The molecule has 3 aromatic rings. The van der Waals surface area contributed by atoms with Crippen LogP contribution in [0.5, 0.6) is 5.75 Å². The molecule has 0 unspecified atom stereocenters. The van der Waals surface area contributed by atoms with Crippen molar-refractivity contribution >= 4 is 15.9 Å². The number of ether oxygens (including phenoxy) is 1. The number of aromatic nitrogens is 1. The van der Waals surface area contributed by atoms with Crippen molar-refractivity contribution in [2.75, 3.05) is 6.61 Å². The minimum absolute atomic E-state index is 0.0311. The molecule has 1 aliphatic heterocycles. The molecule has 2 N–H and O–H groups in total. The maximum atomic E-state index is 14.2. The van der Waals surface area contributed by atoms with Crippen LogP contribution in [0.3, 0.4) is 0 Å². The van der Waals surface area contributed by atoms with E-state index in [-0.39, 0.29) is 23.7 Å². The summed E-state index contributed by atoms with van der Waals surface area (Å²) in [6.45, 7) is 1.85. The van der Waals surface area contributed by atoms with Crippen LogP contribution in [0.15, 0.2) is 60.8 Å². The third kappa shape index (κ3) is 4.53. The average molecular weight is 497 g/mol. The fraction of sp³-hybridized carbons (Fsp3) is 0.308. The van der Waals surface area contributed by atoms with Crippen molar-refractivity contribution < 1.29 is 27.4 Å². The lowest BCUT2D eigenvalue weighted by Gasteiger charge is -2.30. The molecule has 2 heterocycles. The molecule has 0 saturated heterocycles. The number of rotatable bonds is 6. The quantitative estimate of drug-likeness (QED) is 0.538. The SMILES string of the molecule is CC1(S(=O)(=O)NC(=O)c2ccc(F)cc2-c2ccc3c(c2)OC[C@@H](Cc2ccccn2)[C@@H]3O)CC1. The lowest BCUT2D eigenvalue weighted by Crippen LogP contribution is -2.38. The highest BCUT2D eigenvalue weighted by atomic mass is 32.2. The van der Waals surface area contributed by atoms with Gasteiger partial charge >= 0.3 is 0 Å². The Morgan fingerprint density at radius 1 is 1.20 bits per heavy atom. The predicted molar refractivity (Wildman–Crippen MR) is 128 cm³/mol. The highest BCUT2D eigenvalue weighted by Gasteiger charge is 2.51. The number of aliphatic hydroxyl groups excluding tert-OH is 1. The van der Waals surface area contributed by atoms with Gasteiger partial charge in [-0.15, -0.1) is 0 Å². The van der Waals surface area contributed by atoms with Gasteiger partial charge in [0.05, 0.1) is 17.5 Å². The summed E-state index contributed by atoms with van der Waals surface area (Å²) in [6, 6.07) is 14.2. The van der Waals surface area contributed by atoms with Gasteiger partial charge in [-0.1, -0.05) is 18.2 Å². The first kappa shape index (κ1) is 23.4. The lowest BCUT2D eigenvalue weighted by molar-refractivity contribution is 0.0503. The Labute approximate surface area is 203 Å². The molecule has 1 aromatic heterocycles. The molecular formula is C26H25FN2O5S. The molecule has 35 heavy (non-hydrogen) atoms. The van der Waals surface area contributed by atoms with Crippen LogP contribution in [0.25, 0.3) is 11.1 Å². The van der Waals surface area contributed by atoms with Gasteiger partial charge in [0.15, 0.2) is 0 Å². The number of hydrogen-bond donors (Lipinski definition) is 2. The molecule has 1 fully saturated rings. The minimum atomic E-state index is -3.85. The molecule has 0 radical (unpaired) electrons. The summed E-state index contributed by atoms with van der Waals surface area (Å²) < 4.78 is 46.4. The highest BCUT2D eigenvalue weighted by molar-refractivity contribution is 7.91. The highest BCUT2D eigenvalue weighted by Crippen LogP contribution is 2.43. The number of nitrogens with one attached hydrogen (secondary N) is 1. The summed E-state index contributed by atoms with van der Waals surface area (Å²) >= 11 is 0. The van der Waals surface area contributed by atoms with E-state index in [1.54, 1.807) is 31.3 Å². The first-order valence-corrected chi connectivity index (χ1v) is 12.9. The van der Waals surface area contributed by atoms with E-state index in [9.17, 15) is 22.7 Å². The van der Waals surface area contributed by atoms with Crippen molar-refractivity contribution in [1.82, 2.24) is 9.71 Å². The molecule has 182 valence electrons. The van der Waals surface area contributed by atoms with Gasteiger partial charge < -0.3 is 9.84 Å². The van der Waals surface area contributed by atoms with Crippen molar-refractivity contribution in [3.63, 3.8) is 0 Å². The van der Waals surface area contributed by atoms with Gasteiger partial charge in [-0.25, -0.2) is 17.5 Å². The topological polar surface area (TPSA) is 106 Å². The van der Waals surface area contributed by atoms with Crippen molar-refractivity contribution in [3.8, 4) is 16.9 Å². The largest absolute Gasteiger partial charge is 0.493 e. The lowest BCUT2D eigenvalue weighted by atomic mass is 9.88. The summed E-state index contributed by atoms with van der Waals surface area (Å²) in [5.74, 6) is -1.14. The minimum Gasteiger partial charge on any atom is -0.493 e. The van der Waals surface area contributed by atoms with E-state index in [1.807, 2.05) is 18.2 Å². The molecule has 5 rings (SSSR count). The second-order valence-electron chi connectivity index (χ2n) is 9.37. The van der Waals surface area contributed by atoms with Gasteiger partial charge in [-0.05, 0) is 73.7 Å². The Hall–Kier alpha value is -3.30. The second kappa shape index (κ2) is 8.73. The summed E-state index contributed by atoms with van der Waals surface area (Å²) in [5, 5.41) is 10.9. The maximum Gasteiger partial charge on any atom is 0.265 e. The average Bonchev–Trinajstić information content (AvgIpc) is 3.60. The van der Waals surface area contributed by atoms with Crippen molar-refractivity contribution in [2.24, 2.45) is 5.92 Å². The Bertz CT molecular complexity index is 1390. The summed E-state index contributed by atoms with van der Waals surface area (Å²) in [6.07, 6.45) is 2.43. The molecule has 1 aliphatic carbocycles. The van der Waals surface area contributed by atoms with Crippen LogP contribution in [-0.2, 0) is 16.4 Å². The molecule has 1 saturated carbocycles. The van der Waals surface area contributed by atoms with Crippen LogP contribution in [-0.4, -0.2) is 35.8 Å². The van der Waals surface area contributed by atoms with E-state index in [0.29, 0.717) is 36.1 Å². The normalized spacial score (nSPS) is 20.4. The van der Waals surface area contributed by atoms with E-state index in [1.165, 1.54) is 12.1 Å². The smallest absolute Gasteiger partial charge is 0.265 e. The van der Waals surface area contributed by atoms with Gasteiger partial charge in [0.2, 0.25) is 10.0 Å². The Balaban J connectivity index is 1.43. The third-order valence-electron chi connectivity index (χ3n) is 6.80. The molecule has 1 amide bonds. The molecule has 7 nitrogen and oxygen atoms in total. The zero-order chi connectivity index (χ0) is 24.8. The van der Waals surface area contributed by atoms with Crippen LogP contribution in [0, 0.1) is 11.7 Å². The number of carbonyl (C=O) groups excluding carboxylic acids is 1. The zero-order valence-electron chi connectivity index (χ0n) is 19.1. The first-order chi connectivity index (χ1) is 16.7. The van der Waals surface area contributed by atoms with Gasteiger partial charge in [0, 0.05) is 28.9 Å². The maximum absolute atomic E-state index is 14.2. The fourth-order valence-corrected chi connectivity index (χ4v) is 5.51. The number of fused-ring (bicyclic) bond motifs is 1. The molecule has 9 heteroatoms. The van der Waals surface area contributed by atoms with E-state index < -0.39 is 32.6 Å². The zero-order valence-corrected chi connectivity index (χ0v) is 19.9. The number of halogens is 1. The van der Waals surface area contributed by atoms with E-state index >= 15 is 0 Å². The van der Waals surface area contributed by atoms with E-state index in [2.05, 4.69) is 9.71 Å². The van der Waals surface area contributed by atoms with Crippen molar-refractivity contribution in [3.05, 3.63) is 83.4 Å². The Morgan fingerprint density at radius 2 is 2.00 bits per heavy atom. The number of hydrogen-bond acceptors (Lipinski definition) is 6. The number of nitrogens with zero attached hydrogens (tertiary/aromatic N) is 1. The van der Waals surface area contributed by atoms with Crippen LogP contribution < -0.4 is 9.46 Å².